The van der Waals surface area contributed by atoms with E-state index in [2.05, 4.69) is 60.7 Å². The Labute approximate surface area is 198 Å². The number of hydrogen-bond acceptors (Lipinski definition) is 2. The number of halogens is 1. The molecule has 2 aromatic carbocycles. The van der Waals surface area contributed by atoms with Gasteiger partial charge in [-0.15, -0.1) is 24.0 Å². The average Bonchev–Trinajstić information content (AvgIpc) is 2.70. The summed E-state index contributed by atoms with van der Waals surface area (Å²) >= 11 is 0. The monoisotopic (exact) mass is 522 g/mol. The Hall–Kier alpha value is -2.09. The molecule has 5 nitrogen and oxygen atoms in total. The van der Waals surface area contributed by atoms with E-state index in [9.17, 15) is 4.79 Å². The molecule has 2 rings (SSSR count). The summed E-state index contributed by atoms with van der Waals surface area (Å²) in [6.07, 6.45) is 1.10. The van der Waals surface area contributed by atoms with Gasteiger partial charge in [0, 0.05) is 33.3 Å². The van der Waals surface area contributed by atoms with Crippen molar-refractivity contribution in [1.82, 2.24) is 15.5 Å². The standard InChI is InChI=1S/C24H34N4O.HI/c1-17(2)15-19-7-11-21(12-8-19)18(3)27-24(25-4)26-16-20-9-13-22(14-10-20)23(29)28(5)6;/h7-14,17-18H,15-16H2,1-6H3,(H2,25,26,27);1H. The number of benzene rings is 2. The second kappa shape index (κ2) is 12.6. The van der Waals surface area contributed by atoms with Gasteiger partial charge in [-0.05, 0) is 48.1 Å². The highest BCUT2D eigenvalue weighted by Gasteiger charge is 2.10. The zero-order valence-corrected chi connectivity index (χ0v) is 21.2. The van der Waals surface area contributed by atoms with Crippen molar-refractivity contribution >= 4 is 35.8 Å². The summed E-state index contributed by atoms with van der Waals surface area (Å²) in [6.45, 7) is 7.24. The fourth-order valence-electron chi connectivity index (χ4n) is 3.11. The number of nitrogens with one attached hydrogen (secondary N) is 2. The van der Waals surface area contributed by atoms with Crippen molar-refractivity contribution in [3.05, 3.63) is 70.8 Å². The summed E-state index contributed by atoms with van der Waals surface area (Å²) in [5.74, 6) is 1.42. The van der Waals surface area contributed by atoms with Gasteiger partial charge in [-0.1, -0.05) is 50.2 Å². The van der Waals surface area contributed by atoms with E-state index in [0.717, 1.165) is 17.9 Å². The number of rotatable bonds is 7. The number of nitrogens with zero attached hydrogens (tertiary/aromatic N) is 2. The summed E-state index contributed by atoms with van der Waals surface area (Å²) in [5.41, 5.74) is 4.38. The number of amides is 1. The van der Waals surface area contributed by atoms with Crippen molar-refractivity contribution < 1.29 is 4.79 Å². The predicted molar refractivity (Wildman–Crippen MR) is 137 cm³/mol. The van der Waals surface area contributed by atoms with E-state index in [4.69, 9.17) is 0 Å². The molecular weight excluding hydrogens is 487 g/mol. The fraction of sp³-hybridized carbons (Fsp3) is 0.417. The highest BCUT2D eigenvalue weighted by molar-refractivity contribution is 14.0. The second-order valence-corrected chi connectivity index (χ2v) is 8.03. The van der Waals surface area contributed by atoms with Gasteiger partial charge in [-0.2, -0.15) is 0 Å². The van der Waals surface area contributed by atoms with Crippen molar-refractivity contribution in [2.24, 2.45) is 10.9 Å². The lowest BCUT2D eigenvalue weighted by Gasteiger charge is -2.19. The van der Waals surface area contributed by atoms with Gasteiger partial charge in [0.05, 0.1) is 6.04 Å². The first kappa shape index (κ1) is 25.9. The van der Waals surface area contributed by atoms with Crippen LogP contribution in [0.15, 0.2) is 53.5 Å². The van der Waals surface area contributed by atoms with E-state index < -0.39 is 0 Å². The molecule has 0 heterocycles. The Morgan fingerprint density at radius 3 is 2.03 bits per heavy atom. The highest BCUT2D eigenvalue weighted by atomic mass is 127. The van der Waals surface area contributed by atoms with Crippen molar-refractivity contribution in [1.29, 1.82) is 0 Å². The summed E-state index contributed by atoms with van der Waals surface area (Å²) in [4.78, 5) is 17.9. The van der Waals surface area contributed by atoms with Gasteiger partial charge in [-0.25, -0.2) is 0 Å². The third-order valence-electron chi connectivity index (χ3n) is 4.77. The van der Waals surface area contributed by atoms with E-state index in [-0.39, 0.29) is 35.9 Å². The van der Waals surface area contributed by atoms with Crippen molar-refractivity contribution in [3.8, 4) is 0 Å². The smallest absolute Gasteiger partial charge is 0.253 e. The SMILES string of the molecule is CN=C(NCc1ccc(C(=O)N(C)C)cc1)NC(C)c1ccc(CC(C)C)cc1.I. The van der Waals surface area contributed by atoms with E-state index in [1.807, 2.05) is 24.3 Å². The summed E-state index contributed by atoms with van der Waals surface area (Å²) in [5, 5.41) is 6.77. The first-order chi connectivity index (χ1) is 13.8. The number of carbonyl (C=O) groups is 1. The van der Waals surface area contributed by atoms with Crippen LogP contribution in [0.5, 0.6) is 0 Å². The fourth-order valence-corrected chi connectivity index (χ4v) is 3.11. The lowest BCUT2D eigenvalue weighted by Crippen LogP contribution is -2.38. The number of aliphatic imine (C=N–C) groups is 1. The molecule has 6 heteroatoms. The lowest BCUT2D eigenvalue weighted by atomic mass is 10.00. The Balaban J connectivity index is 0.00000450. The maximum Gasteiger partial charge on any atom is 0.253 e. The molecule has 1 amide bonds. The Kier molecular flexibility index (Phi) is 10.9. The zero-order valence-electron chi connectivity index (χ0n) is 18.9. The van der Waals surface area contributed by atoms with E-state index >= 15 is 0 Å². The molecule has 164 valence electrons. The molecule has 0 aromatic heterocycles. The lowest BCUT2D eigenvalue weighted by molar-refractivity contribution is 0.0827. The Bertz CT molecular complexity index is 814. The normalized spacial score (nSPS) is 12.2. The molecule has 0 saturated heterocycles. The van der Waals surface area contributed by atoms with E-state index in [1.165, 1.54) is 11.1 Å². The van der Waals surface area contributed by atoms with Crippen LogP contribution in [-0.2, 0) is 13.0 Å². The van der Waals surface area contributed by atoms with Gasteiger partial charge in [0.25, 0.3) is 5.91 Å². The average molecular weight is 522 g/mol. The zero-order chi connectivity index (χ0) is 21.4. The van der Waals surface area contributed by atoms with Crippen LogP contribution < -0.4 is 10.6 Å². The molecule has 2 aromatic rings. The van der Waals surface area contributed by atoms with E-state index in [1.54, 1.807) is 26.0 Å². The molecule has 0 bridgehead atoms. The Morgan fingerprint density at radius 2 is 1.53 bits per heavy atom. The molecule has 0 saturated carbocycles. The molecule has 2 N–H and O–H groups in total. The quantitative estimate of drug-likeness (QED) is 0.317. The minimum absolute atomic E-state index is 0. The van der Waals surface area contributed by atoms with Crippen molar-refractivity contribution in [2.75, 3.05) is 21.1 Å². The molecule has 0 spiro atoms. The van der Waals surface area contributed by atoms with Crippen molar-refractivity contribution in [2.45, 2.75) is 39.8 Å². The largest absolute Gasteiger partial charge is 0.352 e. The van der Waals surface area contributed by atoms with Gasteiger partial charge < -0.3 is 15.5 Å². The Morgan fingerprint density at radius 1 is 0.967 bits per heavy atom. The van der Waals surface area contributed by atoms with Crippen LogP contribution in [0.1, 0.15) is 53.9 Å². The van der Waals surface area contributed by atoms with Gasteiger partial charge in [0.15, 0.2) is 5.96 Å². The molecule has 0 aliphatic heterocycles. The van der Waals surface area contributed by atoms with Crippen molar-refractivity contribution in [3.63, 3.8) is 0 Å². The minimum Gasteiger partial charge on any atom is -0.352 e. The molecule has 30 heavy (non-hydrogen) atoms. The van der Waals surface area contributed by atoms with Gasteiger partial charge in [0.2, 0.25) is 0 Å². The molecule has 0 aliphatic carbocycles. The van der Waals surface area contributed by atoms with Crippen LogP contribution in [-0.4, -0.2) is 37.9 Å². The third kappa shape index (κ3) is 7.97. The van der Waals surface area contributed by atoms with Crippen LogP contribution in [0.3, 0.4) is 0 Å². The predicted octanol–water partition coefficient (Wildman–Crippen LogP) is 4.63. The molecule has 0 radical (unpaired) electrons. The highest BCUT2D eigenvalue weighted by Crippen LogP contribution is 2.15. The number of hydrogen-bond donors (Lipinski definition) is 2. The van der Waals surface area contributed by atoms with Gasteiger partial charge >= 0.3 is 0 Å². The first-order valence-corrected chi connectivity index (χ1v) is 10.2. The molecule has 1 atom stereocenters. The van der Waals surface area contributed by atoms with Gasteiger partial charge in [0.1, 0.15) is 0 Å². The van der Waals surface area contributed by atoms with Crippen LogP contribution in [0.25, 0.3) is 0 Å². The van der Waals surface area contributed by atoms with Crippen LogP contribution >= 0.6 is 24.0 Å². The molecule has 0 aliphatic rings. The summed E-state index contributed by atoms with van der Waals surface area (Å²) in [7, 11) is 5.28. The topological polar surface area (TPSA) is 56.7 Å². The number of guanidine groups is 1. The van der Waals surface area contributed by atoms with Crippen LogP contribution in [0.2, 0.25) is 0 Å². The second-order valence-electron chi connectivity index (χ2n) is 8.03. The third-order valence-corrected chi connectivity index (χ3v) is 4.77. The maximum absolute atomic E-state index is 12.0. The minimum atomic E-state index is 0. The molecule has 1 unspecified atom stereocenters. The molecule has 0 fully saturated rings. The number of carbonyl (C=O) groups excluding carboxylic acids is 1. The summed E-state index contributed by atoms with van der Waals surface area (Å²) < 4.78 is 0. The first-order valence-electron chi connectivity index (χ1n) is 10.2. The molecular formula is C24H35IN4O. The van der Waals surface area contributed by atoms with E-state index in [0.29, 0.717) is 18.0 Å². The van der Waals surface area contributed by atoms with Crippen LogP contribution in [0.4, 0.5) is 0 Å². The maximum atomic E-state index is 12.0. The van der Waals surface area contributed by atoms with Crippen LogP contribution in [0, 0.1) is 5.92 Å². The summed E-state index contributed by atoms with van der Waals surface area (Å²) in [6, 6.07) is 16.6. The van der Waals surface area contributed by atoms with Gasteiger partial charge in [-0.3, -0.25) is 9.79 Å².